The zero-order valence-electron chi connectivity index (χ0n) is 14.7. The highest BCUT2D eigenvalue weighted by atomic mass is 32.2. The minimum absolute atomic E-state index is 0.0974. The highest BCUT2D eigenvalue weighted by Gasteiger charge is 2.29. The molecule has 0 radical (unpaired) electrons. The molecule has 138 valence electrons. The molecule has 1 fully saturated rings. The Labute approximate surface area is 159 Å². The molecule has 1 amide bonds. The summed E-state index contributed by atoms with van der Waals surface area (Å²) >= 11 is 1.59. The molecular weight excluding hydrogens is 364 g/mol. The van der Waals surface area contributed by atoms with Crippen molar-refractivity contribution in [1.82, 2.24) is 14.7 Å². The average molecular weight is 382 g/mol. The van der Waals surface area contributed by atoms with Crippen molar-refractivity contribution >= 4 is 23.4 Å². The van der Waals surface area contributed by atoms with E-state index in [1.54, 1.807) is 24.0 Å². The Morgan fingerprint density at radius 2 is 2.19 bits per heavy atom. The van der Waals surface area contributed by atoms with Crippen LogP contribution in [-0.2, 0) is 11.3 Å². The Balaban J connectivity index is 1.50. The third-order valence-corrected chi connectivity index (χ3v) is 5.01. The van der Waals surface area contributed by atoms with Gasteiger partial charge in [0.05, 0.1) is 5.56 Å². The van der Waals surface area contributed by atoms with Crippen LogP contribution in [0.15, 0.2) is 56.8 Å². The molecule has 1 aliphatic carbocycles. The molecule has 2 heterocycles. The van der Waals surface area contributed by atoms with Gasteiger partial charge in [0.15, 0.2) is 5.82 Å². The van der Waals surface area contributed by atoms with Gasteiger partial charge in [-0.15, -0.1) is 11.8 Å². The molecule has 0 atom stereocenters. The first-order valence-electron chi connectivity index (χ1n) is 8.61. The van der Waals surface area contributed by atoms with Crippen molar-refractivity contribution in [2.75, 3.05) is 11.6 Å². The van der Waals surface area contributed by atoms with Gasteiger partial charge in [-0.2, -0.15) is 4.98 Å². The van der Waals surface area contributed by atoms with Gasteiger partial charge in [-0.25, -0.2) is 0 Å². The Morgan fingerprint density at radius 3 is 2.96 bits per heavy atom. The number of pyridine rings is 1. The minimum atomic E-state index is -0.281. The van der Waals surface area contributed by atoms with Crippen LogP contribution in [0.4, 0.5) is 5.69 Å². The van der Waals surface area contributed by atoms with Gasteiger partial charge in [0.1, 0.15) is 6.54 Å². The molecule has 8 heteroatoms. The monoisotopic (exact) mass is 382 g/mol. The molecule has 1 N–H and O–H groups in total. The summed E-state index contributed by atoms with van der Waals surface area (Å²) in [5.74, 6) is 1.17. The van der Waals surface area contributed by atoms with Crippen molar-refractivity contribution in [3.05, 3.63) is 58.8 Å². The topological polar surface area (TPSA) is 90.0 Å². The van der Waals surface area contributed by atoms with Gasteiger partial charge < -0.3 is 14.4 Å². The molecule has 4 rings (SSSR count). The third kappa shape index (κ3) is 4.11. The number of thioether (sulfide) groups is 1. The van der Waals surface area contributed by atoms with Crippen molar-refractivity contribution in [2.24, 2.45) is 0 Å². The first-order chi connectivity index (χ1) is 13.1. The quantitative estimate of drug-likeness (QED) is 0.659. The predicted octanol–water partition coefficient (Wildman–Crippen LogP) is 3.14. The van der Waals surface area contributed by atoms with Gasteiger partial charge >= 0.3 is 0 Å². The van der Waals surface area contributed by atoms with Crippen LogP contribution in [0.1, 0.15) is 24.6 Å². The van der Waals surface area contributed by atoms with E-state index >= 15 is 0 Å². The Morgan fingerprint density at radius 1 is 1.33 bits per heavy atom. The fourth-order valence-corrected chi connectivity index (χ4v) is 3.16. The summed E-state index contributed by atoms with van der Waals surface area (Å²) in [4.78, 5) is 29.9. The zero-order chi connectivity index (χ0) is 18.8. The number of carbonyl (C=O) groups is 1. The van der Waals surface area contributed by atoms with E-state index < -0.39 is 0 Å². The molecule has 0 bridgehead atoms. The van der Waals surface area contributed by atoms with Crippen LogP contribution in [0.3, 0.4) is 0 Å². The molecule has 0 spiro atoms. The standard InChI is InChI=1S/C19H18N4O3S/c1-27-15-4-2-3-14(9-15)20-16(24)11-23-10-13(7-8-17(23)25)19-21-18(22-26-19)12-5-6-12/h2-4,7-10,12H,5-6,11H2,1H3,(H,20,24). The number of carbonyl (C=O) groups excluding carboxylic acids is 1. The lowest BCUT2D eigenvalue weighted by Crippen LogP contribution is -2.26. The van der Waals surface area contributed by atoms with E-state index in [0.29, 0.717) is 28.9 Å². The fraction of sp³-hybridized carbons (Fsp3) is 0.263. The maximum Gasteiger partial charge on any atom is 0.259 e. The van der Waals surface area contributed by atoms with Crippen LogP contribution < -0.4 is 10.9 Å². The molecule has 1 aromatic carbocycles. The van der Waals surface area contributed by atoms with E-state index in [0.717, 1.165) is 17.7 Å². The van der Waals surface area contributed by atoms with Crippen LogP contribution in [0.2, 0.25) is 0 Å². The Kier molecular flexibility index (Phi) is 4.81. The lowest BCUT2D eigenvalue weighted by atomic mass is 10.2. The van der Waals surface area contributed by atoms with E-state index in [1.807, 2.05) is 30.5 Å². The third-order valence-electron chi connectivity index (χ3n) is 4.28. The smallest absolute Gasteiger partial charge is 0.259 e. The molecule has 3 aromatic rings. The highest BCUT2D eigenvalue weighted by molar-refractivity contribution is 7.98. The number of nitrogens with zero attached hydrogens (tertiary/aromatic N) is 3. The van der Waals surface area contributed by atoms with E-state index in [-0.39, 0.29) is 18.0 Å². The molecular formula is C19H18N4O3S. The number of aromatic nitrogens is 3. The van der Waals surface area contributed by atoms with Gasteiger partial charge in [0, 0.05) is 28.8 Å². The summed E-state index contributed by atoms with van der Waals surface area (Å²) in [6, 6.07) is 10.6. The maximum absolute atomic E-state index is 12.4. The fourth-order valence-electron chi connectivity index (χ4n) is 2.70. The molecule has 27 heavy (non-hydrogen) atoms. The van der Waals surface area contributed by atoms with Gasteiger partial charge in [0.2, 0.25) is 5.91 Å². The first kappa shape index (κ1) is 17.5. The normalized spacial score (nSPS) is 13.5. The second kappa shape index (κ2) is 7.40. The summed E-state index contributed by atoms with van der Waals surface area (Å²) in [6.07, 6.45) is 5.70. The van der Waals surface area contributed by atoms with E-state index in [9.17, 15) is 9.59 Å². The van der Waals surface area contributed by atoms with Crippen molar-refractivity contribution in [3.63, 3.8) is 0 Å². The summed E-state index contributed by atoms with van der Waals surface area (Å²) < 4.78 is 6.63. The van der Waals surface area contributed by atoms with Crippen LogP contribution >= 0.6 is 11.8 Å². The van der Waals surface area contributed by atoms with Crippen molar-refractivity contribution in [1.29, 1.82) is 0 Å². The highest BCUT2D eigenvalue weighted by Crippen LogP contribution is 2.38. The summed E-state index contributed by atoms with van der Waals surface area (Å²) in [6.45, 7) is -0.0974. The largest absolute Gasteiger partial charge is 0.334 e. The molecule has 0 unspecified atom stereocenters. The van der Waals surface area contributed by atoms with E-state index in [1.165, 1.54) is 10.6 Å². The van der Waals surface area contributed by atoms with Crippen molar-refractivity contribution in [2.45, 2.75) is 30.2 Å². The number of amides is 1. The second-order valence-electron chi connectivity index (χ2n) is 6.40. The van der Waals surface area contributed by atoms with Crippen LogP contribution in [0, 0.1) is 0 Å². The summed E-state index contributed by atoms with van der Waals surface area (Å²) in [7, 11) is 0. The van der Waals surface area contributed by atoms with Gasteiger partial charge in [-0.1, -0.05) is 11.2 Å². The average Bonchev–Trinajstić information content (AvgIpc) is 3.40. The summed E-state index contributed by atoms with van der Waals surface area (Å²) in [5, 5.41) is 6.80. The number of hydrogen-bond donors (Lipinski definition) is 1. The van der Waals surface area contributed by atoms with E-state index in [2.05, 4.69) is 15.5 Å². The van der Waals surface area contributed by atoms with E-state index in [4.69, 9.17) is 4.52 Å². The lowest BCUT2D eigenvalue weighted by Gasteiger charge is -2.09. The summed E-state index contributed by atoms with van der Waals surface area (Å²) in [5.41, 5.74) is 1.04. The van der Waals surface area contributed by atoms with Crippen LogP contribution in [0.5, 0.6) is 0 Å². The number of anilines is 1. The Hall–Kier alpha value is -2.87. The molecule has 1 aliphatic rings. The number of hydrogen-bond acceptors (Lipinski definition) is 6. The van der Waals surface area contributed by atoms with Crippen LogP contribution in [0.25, 0.3) is 11.5 Å². The van der Waals surface area contributed by atoms with Crippen LogP contribution in [-0.4, -0.2) is 26.9 Å². The van der Waals surface area contributed by atoms with Crippen molar-refractivity contribution < 1.29 is 9.32 Å². The van der Waals surface area contributed by atoms with Gasteiger partial charge in [0.25, 0.3) is 11.4 Å². The molecule has 7 nitrogen and oxygen atoms in total. The SMILES string of the molecule is CSc1cccc(NC(=O)Cn2cc(-c3nc(C4CC4)no3)ccc2=O)c1. The minimum Gasteiger partial charge on any atom is -0.334 e. The number of nitrogens with one attached hydrogen (secondary N) is 1. The predicted molar refractivity (Wildman–Crippen MR) is 103 cm³/mol. The maximum atomic E-state index is 12.4. The molecule has 0 saturated heterocycles. The van der Waals surface area contributed by atoms with Crippen molar-refractivity contribution in [3.8, 4) is 11.5 Å². The molecule has 2 aromatic heterocycles. The zero-order valence-corrected chi connectivity index (χ0v) is 15.5. The lowest BCUT2D eigenvalue weighted by molar-refractivity contribution is -0.116. The van der Waals surface area contributed by atoms with Gasteiger partial charge in [-0.05, 0) is 43.4 Å². The second-order valence-corrected chi connectivity index (χ2v) is 7.28. The number of benzene rings is 1. The first-order valence-corrected chi connectivity index (χ1v) is 9.83. The molecule has 0 aliphatic heterocycles. The number of rotatable bonds is 6. The molecule has 1 saturated carbocycles. The van der Waals surface area contributed by atoms with Gasteiger partial charge in [-0.3, -0.25) is 9.59 Å². The Bertz CT molecular complexity index is 1040.